The number of aliphatic hydroxyl groups is 1. The Morgan fingerprint density at radius 2 is 1.49 bits per heavy atom. The molecule has 1 heterocycles. The van der Waals surface area contributed by atoms with E-state index in [4.69, 9.17) is 16.6 Å². The lowest BCUT2D eigenvalue weighted by molar-refractivity contribution is -0.145. The molecular weight excluding hydrogens is 598 g/mol. The first kappa shape index (κ1) is 38.4. The summed E-state index contributed by atoms with van der Waals surface area (Å²) in [5.41, 5.74) is 11.5. The SMILES string of the molecule is C[C@H](N)C(=O)N[C@@H](CCCCN)C(=O)N[C@@H](CCC(=O)O)C(=O)NCC(=O)N[C@@H](Cc1cnc[nH]1)C(=O)N[C@H](C(=O)O)[C@@H](C)O. The molecule has 19 nitrogen and oxygen atoms in total. The van der Waals surface area contributed by atoms with Gasteiger partial charge in [-0.05, 0) is 46.1 Å². The highest BCUT2D eigenvalue weighted by molar-refractivity contribution is 5.95. The minimum atomic E-state index is -1.67. The molecule has 0 radical (unpaired) electrons. The molecular formula is C26H43N9O10. The van der Waals surface area contributed by atoms with Crippen molar-refractivity contribution in [2.24, 2.45) is 11.5 Å². The number of H-pyrrole nitrogens is 1. The molecule has 1 rings (SSSR count). The summed E-state index contributed by atoms with van der Waals surface area (Å²) in [6, 6.07) is -6.48. The molecule has 0 aliphatic rings. The number of nitrogens with two attached hydrogens (primary N) is 2. The van der Waals surface area contributed by atoms with Crippen LogP contribution in [0.25, 0.3) is 0 Å². The lowest BCUT2D eigenvalue weighted by atomic mass is 10.1. The van der Waals surface area contributed by atoms with Crippen molar-refractivity contribution in [1.82, 2.24) is 36.6 Å². The Bertz CT molecular complexity index is 1160. The van der Waals surface area contributed by atoms with Crippen molar-refractivity contribution < 1.29 is 48.9 Å². The minimum Gasteiger partial charge on any atom is -0.481 e. The maximum Gasteiger partial charge on any atom is 0.328 e. The van der Waals surface area contributed by atoms with Gasteiger partial charge in [0.05, 0.1) is 25.0 Å². The van der Waals surface area contributed by atoms with Gasteiger partial charge < -0.3 is 58.4 Å². The standard InChI is InChI=1S/C26H43N9O10/c1-13(28)22(40)33-16(5-3-4-8-27)24(42)34-17(6-7-20(38)39)23(41)30-11-19(37)32-18(9-15-10-29-12-31-15)25(43)35-21(14(2)36)26(44)45/h10,12-14,16-18,21,36H,3-9,11,27-28H2,1-2H3,(H,29,31)(H,30,41)(H,32,37)(H,33,40)(H,34,42)(H,35,43)(H,38,39)(H,44,45)/t13-,14+,16-,17-,18-,21-/m0/s1. The second-order valence-corrected chi connectivity index (χ2v) is 10.3. The van der Waals surface area contributed by atoms with Crippen molar-refractivity contribution >= 4 is 41.5 Å². The Morgan fingerprint density at radius 1 is 0.867 bits per heavy atom. The van der Waals surface area contributed by atoms with Gasteiger partial charge in [0.15, 0.2) is 6.04 Å². The molecule has 0 fully saturated rings. The van der Waals surface area contributed by atoms with Gasteiger partial charge in [0.1, 0.15) is 18.1 Å². The molecule has 1 aromatic rings. The molecule has 13 N–H and O–H groups in total. The van der Waals surface area contributed by atoms with Gasteiger partial charge in [-0.3, -0.25) is 28.8 Å². The van der Waals surface area contributed by atoms with Gasteiger partial charge in [0.2, 0.25) is 29.5 Å². The topological polar surface area (TPSA) is 321 Å². The smallest absolute Gasteiger partial charge is 0.328 e. The monoisotopic (exact) mass is 641 g/mol. The average Bonchev–Trinajstić information content (AvgIpc) is 3.48. The number of hydrogen-bond acceptors (Lipinski definition) is 11. The predicted molar refractivity (Wildman–Crippen MR) is 156 cm³/mol. The van der Waals surface area contributed by atoms with Crippen LogP contribution in [-0.2, 0) is 40.0 Å². The Labute approximate surface area is 258 Å². The fourth-order valence-corrected chi connectivity index (χ4v) is 3.88. The summed E-state index contributed by atoms with van der Waals surface area (Å²) in [7, 11) is 0. The maximum atomic E-state index is 13.0. The van der Waals surface area contributed by atoms with Crippen molar-refractivity contribution in [3.05, 3.63) is 18.2 Å². The van der Waals surface area contributed by atoms with Crippen LogP contribution in [0.4, 0.5) is 0 Å². The summed E-state index contributed by atoms with van der Waals surface area (Å²) in [5.74, 6) is -6.92. The highest BCUT2D eigenvalue weighted by Crippen LogP contribution is 2.06. The molecule has 0 saturated carbocycles. The molecule has 0 saturated heterocycles. The van der Waals surface area contributed by atoms with Crippen LogP contribution in [0.5, 0.6) is 0 Å². The van der Waals surface area contributed by atoms with E-state index in [0.29, 0.717) is 25.1 Å². The number of rotatable bonds is 21. The van der Waals surface area contributed by atoms with Crippen LogP contribution in [0.1, 0.15) is 51.6 Å². The van der Waals surface area contributed by atoms with Crippen LogP contribution in [0, 0.1) is 0 Å². The number of unbranched alkanes of at least 4 members (excludes halogenated alkanes) is 1. The van der Waals surface area contributed by atoms with Gasteiger partial charge in [-0.25, -0.2) is 9.78 Å². The predicted octanol–water partition coefficient (Wildman–Crippen LogP) is -4.19. The maximum absolute atomic E-state index is 13.0. The highest BCUT2D eigenvalue weighted by atomic mass is 16.4. The Morgan fingerprint density at radius 3 is 2.02 bits per heavy atom. The first-order valence-electron chi connectivity index (χ1n) is 14.2. The van der Waals surface area contributed by atoms with Crippen LogP contribution < -0.4 is 38.1 Å². The third kappa shape index (κ3) is 14.6. The number of nitrogens with zero attached hydrogens (tertiary/aromatic N) is 1. The number of hydrogen-bond donors (Lipinski definition) is 11. The van der Waals surface area contributed by atoms with Crippen molar-refractivity contribution in [1.29, 1.82) is 0 Å². The van der Waals surface area contributed by atoms with Crippen molar-refractivity contribution in [2.45, 2.75) is 88.7 Å². The number of imidazole rings is 1. The lowest BCUT2D eigenvalue weighted by Crippen LogP contribution is -2.57. The Kier molecular flexibility index (Phi) is 16.7. The molecule has 1 aromatic heterocycles. The number of nitrogens with one attached hydrogen (secondary N) is 6. The molecule has 252 valence electrons. The molecule has 5 amide bonds. The number of carboxylic acid groups (broad SMARTS) is 2. The Hall–Kier alpha value is -4.62. The molecule has 45 heavy (non-hydrogen) atoms. The fourth-order valence-electron chi connectivity index (χ4n) is 3.88. The van der Waals surface area contributed by atoms with E-state index in [9.17, 15) is 43.8 Å². The van der Waals surface area contributed by atoms with Gasteiger partial charge in [-0.15, -0.1) is 0 Å². The second-order valence-electron chi connectivity index (χ2n) is 10.3. The first-order chi connectivity index (χ1) is 21.2. The summed E-state index contributed by atoms with van der Waals surface area (Å²) in [5, 5.41) is 39.8. The third-order valence-electron chi connectivity index (χ3n) is 6.37. The first-order valence-corrected chi connectivity index (χ1v) is 14.2. The van der Waals surface area contributed by atoms with Crippen molar-refractivity contribution in [3.8, 4) is 0 Å². The zero-order valence-electron chi connectivity index (χ0n) is 25.1. The van der Waals surface area contributed by atoms with E-state index in [2.05, 4.69) is 36.6 Å². The molecule has 0 aliphatic heterocycles. The summed E-state index contributed by atoms with van der Waals surface area (Å²) in [6.07, 6.45) is 1.36. The summed E-state index contributed by atoms with van der Waals surface area (Å²) in [6.45, 7) is 2.20. The minimum absolute atomic E-state index is 0.159. The van der Waals surface area contributed by atoms with Crippen LogP contribution in [0.2, 0.25) is 0 Å². The number of aliphatic carboxylic acids is 2. The summed E-state index contributed by atoms with van der Waals surface area (Å²) >= 11 is 0. The van der Waals surface area contributed by atoms with Crippen LogP contribution >= 0.6 is 0 Å². The largest absolute Gasteiger partial charge is 0.481 e. The molecule has 0 spiro atoms. The molecule has 0 aromatic carbocycles. The van der Waals surface area contributed by atoms with Crippen LogP contribution in [0.3, 0.4) is 0 Å². The molecule has 19 heteroatoms. The van der Waals surface area contributed by atoms with Crippen LogP contribution in [-0.4, -0.2) is 116 Å². The quantitative estimate of drug-likeness (QED) is 0.0568. The number of aromatic amines is 1. The van der Waals surface area contributed by atoms with E-state index in [1.54, 1.807) is 0 Å². The van der Waals surface area contributed by atoms with Gasteiger partial charge in [0, 0.05) is 24.7 Å². The van der Waals surface area contributed by atoms with Gasteiger partial charge >= 0.3 is 11.9 Å². The van der Waals surface area contributed by atoms with E-state index in [0.717, 1.165) is 6.92 Å². The van der Waals surface area contributed by atoms with Gasteiger partial charge in [-0.1, -0.05) is 0 Å². The van der Waals surface area contributed by atoms with Crippen molar-refractivity contribution in [2.75, 3.05) is 13.1 Å². The molecule has 0 unspecified atom stereocenters. The number of amides is 5. The molecule has 6 atom stereocenters. The molecule has 0 aliphatic carbocycles. The normalized spacial score (nSPS) is 14.9. The third-order valence-corrected chi connectivity index (χ3v) is 6.37. The number of carboxylic acids is 2. The number of carbonyl (C=O) groups excluding carboxylic acids is 5. The Balaban J connectivity index is 2.99. The zero-order valence-corrected chi connectivity index (χ0v) is 25.1. The second kappa shape index (κ2) is 19.6. The summed E-state index contributed by atoms with van der Waals surface area (Å²) in [4.78, 5) is 92.9. The van der Waals surface area contributed by atoms with E-state index in [1.807, 2.05) is 0 Å². The average molecular weight is 642 g/mol. The number of carbonyl (C=O) groups is 7. The lowest BCUT2D eigenvalue weighted by Gasteiger charge is -2.24. The van der Waals surface area contributed by atoms with E-state index < -0.39 is 90.8 Å². The van der Waals surface area contributed by atoms with Crippen LogP contribution in [0.15, 0.2) is 12.5 Å². The molecule has 0 bridgehead atoms. The number of aromatic nitrogens is 2. The zero-order chi connectivity index (χ0) is 34.1. The van der Waals surface area contributed by atoms with Crippen molar-refractivity contribution in [3.63, 3.8) is 0 Å². The summed E-state index contributed by atoms with van der Waals surface area (Å²) < 4.78 is 0. The van der Waals surface area contributed by atoms with E-state index in [-0.39, 0.29) is 19.3 Å². The fraction of sp³-hybridized carbons (Fsp3) is 0.615. The van der Waals surface area contributed by atoms with E-state index in [1.165, 1.54) is 19.4 Å². The highest BCUT2D eigenvalue weighted by Gasteiger charge is 2.31. The van der Waals surface area contributed by atoms with Gasteiger partial charge in [0.25, 0.3) is 0 Å². The number of aliphatic hydroxyl groups excluding tert-OH is 1. The van der Waals surface area contributed by atoms with E-state index >= 15 is 0 Å². The van der Waals surface area contributed by atoms with Gasteiger partial charge in [-0.2, -0.15) is 0 Å².